The molecule has 7 aliphatic rings. The molecule has 18 heteroatoms. The van der Waals surface area contributed by atoms with Crippen LogP contribution >= 0.6 is 0 Å². The van der Waals surface area contributed by atoms with Gasteiger partial charge in [0.25, 0.3) is 0 Å². The number of aliphatic hydroxyl groups is 6. The number of aryl methyl sites for hydroxylation is 1. The summed E-state index contributed by atoms with van der Waals surface area (Å²) in [6.45, 7) is 8.92. The maximum atomic E-state index is 13.8. The normalized spacial score (nSPS) is 48.9. The first-order chi connectivity index (χ1) is 30.5. The lowest BCUT2D eigenvalue weighted by atomic mass is 9.51. The molecule has 0 spiro atoms. The lowest BCUT2D eigenvalue weighted by molar-refractivity contribution is -0.357. The zero-order chi connectivity index (χ0) is 45.8. The number of hydrogen-bond acceptors (Lipinski definition) is 18. The van der Waals surface area contributed by atoms with E-state index in [1.165, 1.54) is 12.7 Å². The van der Waals surface area contributed by atoms with Crippen molar-refractivity contribution < 1.29 is 87.2 Å². The highest BCUT2D eigenvalue weighted by Crippen LogP contribution is 2.58. The highest BCUT2D eigenvalue weighted by molar-refractivity contribution is 5.89. The summed E-state index contributed by atoms with van der Waals surface area (Å²) in [6, 6.07) is 1.92. The molecule has 0 aromatic carbocycles. The van der Waals surface area contributed by atoms with Gasteiger partial charge in [-0.2, -0.15) is 0 Å². The first-order valence-electron chi connectivity index (χ1n) is 23.1. The van der Waals surface area contributed by atoms with Gasteiger partial charge in [-0.15, -0.1) is 0 Å². The van der Waals surface area contributed by atoms with E-state index in [0.717, 1.165) is 24.2 Å². The van der Waals surface area contributed by atoms with E-state index in [1.54, 1.807) is 20.3 Å². The summed E-state index contributed by atoms with van der Waals surface area (Å²) in [6.07, 6.45) is -8.83. The monoisotopic (exact) mass is 910 g/mol. The molecule has 23 atom stereocenters. The van der Waals surface area contributed by atoms with E-state index in [2.05, 4.69) is 13.0 Å². The topological polar surface area (TPSA) is 244 Å². The Morgan fingerprint density at radius 1 is 0.734 bits per heavy atom. The Morgan fingerprint density at radius 3 is 1.94 bits per heavy atom. The molecule has 6 fully saturated rings. The molecule has 6 N–H and O–H groups in total. The number of carbonyl (C=O) groups is 1. The van der Waals surface area contributed by atoms with Crippen LogP contribution in [0.5, 0.6) is 0 Å². The SMILES string of the molecule is CO[C@H]1C[C@H](O[C@H]2[C@H](C)O[C@H](O[C@H]3[C@@H](O)C[C@H](O[C@@H]4CC5=CC[C@H]6C(=O)[C@@H](c7ccoc7C)CC[C@@H]6[C@@]5(C)C[C@H]4O)O[C@@H]3C)C[C@H]2OC)O[C@@H](C)[C@H]1O[C@@H]1O[C@H](CO)[C@@H](O)[C@H](O)[C@H]1O. The van der Waals surface area contributed by atoms with E-state index in [9.17, 15) is 35.4 Å². The van der Waals surface area contributed by atoms with Crippen LogP contribution in [0.2, 0.25) is 0 Å². The molecule has 0 unspecified atom stereocenters. The maximum absolute atomic E-state index is 13.8. The molecule has 1 aromatic heterocycles. The molecule has 4 saturated heterocycles. The average Bonchev–Trinajstić information content (AvgIpc) is 3.69. The Kier molecular flexibility index (Phi) is 15.1. The predicted octanol–water partition coefficient (Wildman–Crippen LogP) is 1.89. The van der Waals surface area contributed by atoms with Gasteiger partial charge in [-0.1, -0.05) is 18.6 Å². The van der Waals surface area contributed by atoms with Crippen molar-refractivity contribution in [3.05, 3.63) is 35.3 Å². The zero-order valence-corrected chi connectivity index (χ0v) is 37.9. The van der Waals surface area contributed by atoms with Crippen molar-refractivity contribution in [2.45, 2.75) is 209 Å². The van der Waals surface area contributed by atoms with Crippen LogP contribution in [0.3, 0.4) is 0 Å². The zero-order valence-electron chi connectivity index (χ0n) is 37.9. The van der Waals surface area contributed by atoms with Crippen molar-refractivity contribution in [2.75, 3.05) is 20.8 Å². The highest BCUT2D eigenvalue weighted by Gasteiger charge is 2.55. The van der Waals surface area contributed by atoms with Gasteiger partial charge in [-0.25, -0.2) is 0 Å². The minimum Gasteiger partial charge on any atom is -0.469 e. The number of allylic oxidation sites excluding steroid dienone is 1. The van der Waals surface area contributed by atoms with Gasteiger partial charge < -0.3 is 82.4 Å². The van der Waals surface area contributed by atoms with Crippen LogP contribution in [-0.2, 0) is 52.2 Å². The number of fused-ring (bicyclic) bond motifs is 3. The quantitative estimate of drug-likeness (QED) is 0.164. The lowest BCUT2D eigenvalue weighted by Crippen LogP contribution is -2.62. The van der Waals surface area contributed by atoms with E-state index >= 15 is 0 Å². The number of Topliss-reactive ketones (excluding diaryl/α,β-unsaturated/α-hetero) is 1. The molecule has 2 saturated carbocycles. The number of aliphatic hydroxyl groups excluding tert-OH is 6. The third-order valence-electron chi connectivity index (χ3n) is 15.5. The van der Waals surface area contributed by atoms with Gasteiger partial charge in [0.2, 0.25) is 0 Å². The number of rotatable bonds is 12. The molecule has 5 heterocycles. The number of carbonyl (C=O) groups excluding carboxylic acids is 1. The molecule has 18 nitrogen and oxygen atoms in total. The molecule has 1 aromatic rings. The molecular formula is C46H70O18. The summed E-state index contributed by atoms with van der Waals surface area (Å²) >= 11 is 0. The largest absolute Gasteiger partial charge is 0.469 e. The Bertz CT molecular complexity index is 1740. The molecular weight excluding hydrogens is 840 g/mol. The summed E-state index contributed by atoms with van der Waals surface area (Å²) in [5, 5.41) is 63.6. The summed E-state index contributed by atoms with van der Waals surface area (Å²) in [7, 11) is 3.08. The van der Waals surface area contributed by atoms with Crippen LogP contribution in [0.15, 0.2) is 28.4 Å². The van der Waals surface area contributed by atoms with E-state index in [-0.39, 0.29) is 48.2 Å². The van der Waals surface area contributed by atoms with Crippen LogP contribution in [0.25, 0.3) is 0 Å². The fraction of sp³-hybridized carbons (Fsp3) is 0.848. The van der Waals surface area contributed by atoms with Crippen LogP contribution in [-0.4, -0.2) is 174 Å². The summed E-state index contributed by atoms with van der Waals surface area (Å²) in [4.78, 5) is 13.8. The third kappa shape index (κ3) is 9.43. The minimum absolute atomic E-state index is 0.0972. The molecule has 362 valence electrons. The second kappa shape index (κ2) is 19.9. The Hall–Kier alpha value is -1.95. The maximum Gasteiger partial charge on any atom is 0.187 e. The Labute approximate surface area is 374 Å². The van der Waals surface area contributed by atoms with Gasteiger partial charge in [0.05, 0.1) is 61.7 Å². The van der Waals surface area contributed by atoms with Crippen LogP contribution < -0.4 is 0 Å². The van der Waals surface area contributed by atoms with Gasteiger partial charge in [0.1, 0.15) is 54.3 Å². The third-order valence-corrected chi connectivity index (χ3v) is 15.5. The van der Waals surface area contributed by atoms with Gasteiger partial charge in [-0.3, -0.25) is 4.79 Å². The predicted molar refractivity (Wildman–Crippen MR) is 221 cm³/mol. The van der Waals surface area contributed by atoms with Crippen LogP contribution in [0, 0.1) is 24.2 Å². The summed E-state index contributed by atoms with van der Waals surface area (Å²) in [5.74, 6) is 0.963. The molecule has 0 radical (unpaired) electrons. The van der Waals surface area contributed by atoms with Crippen molar-refractivity contribution in [3.8, 4) is 0 Å². The Balaban J connectivity index is 0.822. The molecule has 0 bridgehead atoms. The number of methoxy groups -OCH3 is 2. The highest BCUT2D eigenvalue weighted by atomic mass is 16.8. The number of hydrogen-bond donors (Lipinski definition) is 6. The first-order valence-corrected chi connectivity index (χ1v) is 23.1. The lowest BCUT2D eigenvalue weighted by Gasteiger charge is -2.54. The van der Waals surface area contributed by atoms with E-state index in [4.69, 9.17) is 51.8 Å². The number of furan rings is 1. The minimum atomic E-state index is -1.59. The van der Waals surface area contributed by atoms with Crippen molar-refractivity contribution in [2.24, 2.45) is 17.3 Å². The smallest absolute Gasteiger partial charge is 0.187 e. The van der Waals surface area contributed by atoms with Crippen molar-refractivity contribution in [1.29, 1.82) is 0 Å². The van der Waals surface area contributed by atoms with Gasteiger partial charge in [-0.05, 0) is 77.2 Å². The summed E-state index contributed by atoms with van der Waals surface area (Å²) < 4.78 is 66.9. The summed E-state index contributed by atoms with van der Waals surface area (Å²) in [5.41, 5.74) is 1.88. The molecule has 4 aliphatic heterocycles. The van der Waals surface area contributed by atoms with Crippen LogP contribution in [0.1, 0.15) is 96.3 Å². The van der Waals surface area contributed by atoms with Crippen molar-refractivity contribution in [3.63, 3.8) is 0 Å². The fourth-order valence-corrected chi connectivity index (χ4v) is 11.9. The second-order valence-electron chi connectivity index (χ2n) is 19.3. The standard InChI is InChI=1S/C46H70O18/c1-20-25(12-13-56-20)26-10-11-28-27(38(26)50)9-8-24-14-31(30(49)18-46(24,28)5)60-35-15-29(48)42(21(2)57-35)62-36-16-32(54-6)43(22(3)58-36)63-37-17-33(55-7)44(23(4)59-37)64-45-41(53)40(52)39(51)34(19-47)61-45/h8,12-13,21-23,26-37,39-45,47-49,51-53H,9-11,14-19H2,1-7H3/t21-,22+,23+,26-,27-,28+,29+,30-,31-,32-,33+,34-,35+,36-,37+,39-,40+,41-,42-,43+,44-,45+,46+/m1/s1. The van der Waals surface area contributed by atoms with E-state index < -0.39 is 123 Å². The Morgan fingerprint density at radius 2 is 1.34 bits per heavy atom. The van der Waals surface area contributed by atoms with E-state index in [1.807, 2.05) is 26.8 Å². The molecule has 0 amide bonds. The van der Waals surface area contributed by atoms with Gasteiger partial charge in [0, 0.05) is 50.9 Å². The van der Waals surface area contributed by atoms with Crippen molar-refractivity contribution >= 4 is 5.78 Å². The van der Waals surface area contributed by atoms with Crippen molar-refractivity contribution in [1.82, 2.24) is 0 Å². The molecule has 64 heavy (non-hydrogen) atoms. The van der Waals surface area contributed by atoms with Gasteiger partial charge >= 0.3 is 0 Å². The van der Waals surface area contributed by atoms with E-state index in [0.29, 0.717) is 19.3 Å². The average molecular weight is 911 g/mol. The molecule has 8 rings (SSSR count). The number of ketones is 1. The first kappa shape index (κ1) is 48.5. The fourth-order valence-electron chi connectivity index (χ4n) is 11.9. The van der Waals surface area contributed by atoms with Gasteiger partial charge in [0.15, 0.2) is 25.2 Å². The molecule has 3 aliphatic carbocycles. The van der Waals surface area contributed by atoms with Crippen LogP contribution in [0.4, 0.5) is 0 Å². The number of ether oxygens (including phenoxy) is 10. The second-order valence-corrected chi connectivity index (χ2v) is 19.3.